The molecule has 1 N–H and O–H groups in total. The summed E-state index contributed by atoms with van der Waals surface area (Å²) in [4.78, 5) is 12.0. The number of rotatable bonds is 4. The number of benzene rings is 2. The molecule has 0 spiro atoms. The first kappa shape index (κ1) is 14.5. The number of carbonyl (C=O) groups is 1. The molecule has 1 amide bonds. The van der Waals surface area contributed by atoms with Gasteiger partial charge in [-0.3, -0.25) is 4.79 Å². The molecule has 104 valence electrons. The molecule has 0 aromatic heterocycles. The summed E-state index contributed by atoms with van der Waals surface area (Å²) in [6, 6.07) is 11.9. The lowest BCUT2D eigenvalue weighted by atomic mass is 10.1. The molecule has 2 aromatic rings. The van der Waals surface area contributed by atoms with Crippen LogP contribution in [0.15, 0.2) is 42.5 Å². The van der Waals surface area contributed by atoms with Crippen molar-refractivity contribution in [2.45, 2.75) is 19.3 Å². The number of hydrogen-bond donors (Lipinski definition) is 1. The van der Waals surface area contributed by atoms with Crippen LogP contribution in [0.3, 0.4) is 0 Å². The van der Waals surface area contributed by atoms with Gasteiger partial charge in [-0.1, -0.05) is 30.3 Å². The second kappa shape index (κ2) is 6.53. The molecule has 0 aliphatic rings. The Balaban J connectivity index is 2.02. The van der Waals surface area contributed by atoms with Crippen molar-refractivity contribution in [1.82, 2.24) is 5.32 Å². The maximum absolute atomic E-state index is 13.2. The van der Waals surface area contributed by atoms with E-state index in [0.717, 1.165) is 16.7 Å². The Morgan fingerprint density at radius 3 is 2.45 bits per heavy atom. The summed E-state index contributed by atoms with van der Waals surface area (Å²) in [6.45, 7) is 2.18. The highest BCUT2D eigenvalue weighted by molar-refractivity contribution is 6.17. The lowest BCUT2D eigenvalue weighted by molar-refractivity contribution is 0.0950. The molecule has 0 aliphatic heterocycles. The number of carbonyl (C=O) groups excluding carboxylic acids is 1. The first-order chi connectivity index (χ1) is 9.60. The molecule has 2 rings (SSSR count). The Hall–Kier alpha value is -1.87. The second-order valence-electron chi connectivity index (χ2n) is 4.59. The van der Waals surface area contributed by atoms with Gasteiger partial charge >= 0.3 is 0 Å². The Kier molecular flexibility index (Phi) is 4.74. The molecule has 0 aliphatic carbocycles. The van der Waals surface area contributed by atoms with Crippen molar-refractivity contribution in [2.24, 2.45) is 0 Å². The average Bonchev–Trinajstić information content (AvgIpc) is 2.47. The third-order valence-corrected chi connectivity index (χ3v) is 3.38. The van der Waals surface area contributed by atoms with Gasteiger partial charge in [0.05, 0.1) is 0 Å². The van der Waals surface area contributed by atoms with Crippen LogP contribution in [-0.4, -0.2) is 5.91 Å². The summed E-state index contributed by atoms with van der Waals surface area (Å²) in [7, 11) is 0. The van der Waals surface area contributed by atoms with Crippen molar-refractivity contribution in [3.8, 4) is 0 Å². The molecular formula is C16H15ClFNO. The van der Waals surface area contributed by atoms with E-state index in [1.165, 1.54) is 12.1 Å². The molecule has 2 nitrogen and oxygen atoms in total. The van der Waals surface area contributed by atoms with Gasteiger partial charge in [-0.2, -0.15) is 0 Å². The largest absolute Gasteiger partial charge is 0.348 e. The summed E-state index contributed by atoms with van der Waals surface area (Å²) in [5.74, 6) is -0.217. The van der Waals surface area contributed by atoms with Gasteiger partial charge < -0.3 is 5.32 Å². The minimum Gasteiger partial charge on any atom is -0.348 e. The van der Waals surface area contributed by atoms with E-state index in [2.05, 4.69) is 5.32 Å². The molecule has 0 fully saturated rings. The third-order valence-electron chi connectivity index (χ3n) is 3.07. The zero-order chi connectivity index (χ0) is 14.5. The summed E-state index contributed by atoms with van der Waals surface area (Å²) in [6.07, 6.45) is 0. The fourth-order valence-corrected chi connectivity index (χ4v) is 2.04. The van der Waals surface area contributed by atoms with Gasteiger partial charge in [0.1, 0.15) is 5.82 Å². The van der Waals surface area contributed by atoms with Gasteiger partial charge in [-0.15, -0.1) is 11.6 Å². The molecule has 0 unspecified atom stereocenters. The quantitative estimate of drug-likeness (QED) is 0.853. The van der Waals surface area contributed by atoms with Crippen LogP contribution in [0.4, 0.5) is 4.39 Å². The van der Waals surface area contributed by atoms with E-state index in [4.69, 9.17) is 11.6 Å². The van der Waals surface area contributed by atoms with Crippen LogP contribution in [-0.2, 0) is 12.4 Å². The van der Waals surface area contributed by atoms with E-state index in [-0.39, 0.29) is 5.91 Å². The van der Waals surface area contributed by atoms with Crippen LogP contribution in [0.25, 0.3) is 0 Å². The normalized spacial score (nSPS) is 10.3. The molecular weight excluding hydrogens is 277 g/mol. The molecule has 0 radical (unpaired) electrons. The van der Waals surface area contributed by atoms with Crippen LogP contribution in [0.5, 0.6) is 0 Å². The molecule has 0 saturated heterocycles. The van der Waals surface area contributed by atoms with E-state index in [1.54, 1.807) is 13.0 Å². The lowest BCUT2D eigenvalue weighted by Gasteiger charge is -2.08. The summed E-state index contributed by atoms with van der Waals surface area (Å²) >= 11 is 5.71. The predicted molar refractivity (Wildman–Crippen MR) is 78.3 cm³/mol. The van der Waals surface area contributed by atoms with E-state index in [9.17, 15) is 9.18 Å². The van der Waals surface area contributed by atoms with Crippen LogP contribution < -0.4 is 5.32 Å². The second-order valence-corrected chi connectivity index (χ2v) is 4.86. The number of hydrogen-bond acceptors (Lipinski definition) is 1. The highest BCUT2D eigenvalue weighted by atomic mass is 35.5. The highest BCUT2D eigenvalue weighted by Gasteiger charge is 2.09. The minimum absolute atomic E-state index is 0.275. The summed E-state index contributed by atoms with van der Waals surface area (Å²) in [5, 5.41) is 2.78. The smallest absolute Gasteiger partial charge is 0.251 e. The SMILES string of the molecule is Cc1ccc(F)cc1C(=O)NCc1ccc(CCl)cc1. The first-order valence-corrected chi connectivity index (χ1v) is 6.81. The van der Waals surface area contributed by atoms with Crippen LogP contribution in [0, 0.1) is 12.7 Å². The zero-order valence-corrected chi connectivity index (χ0v) is 11.9. The van der Waals surface area contributed by atoms with Gasteiger partial charge in [0, 0.05) is 18.0 Å². The Morgan fingerprint density at radius 1 is 1.15 bits per heavy atom. The highest BCUT2D eigenvalue weighted by Crippen LogP contribution is 2.11. The van der Waals surface area contributed by atoms with Gasteiger partial charge in [0.25, 0.3) is 5.91 Å². The molecule has 20 heavy (non-hydrogen) atoms. The van der Waals surface area contributed by atoms with E-state index in [1.807, 2.05) is 24.3 Å². The molecule has 0 bridgehead atoms. The van der Waals surface area contributed by atoms with Crippen LogP contribution >= 0.6 is 11.6 Å². The number of alkyl halides is 1. The van der Waals surface area contributed by atoms with Crippen molar-refractivity contribution in [1.29, 1.82) is 0 Å². The average molecular weight is 292 g/mol. The van der Waals surface area contributed by atoms with E-state index >= 15 is 0 Å². The maximum atomic E-state index is 13.2. The van der Waals surface area contributed by atoms with Gasteiger partial charge in [0.2, 0.25) is 0 Å². The standard InChI is InChI=1S/C16H15ClFNO/c1-11-2-7-14(18)8-15(11)16(20)19-10-13-5-3-12(9-17)4-6-13/h2-8H,9-10H2,1H3,(H,19,20). The fourth-order valence-electron chi connectivity index (χ4n) is 1.86. The lowest BCUT2D eigenvalue weighted by Crippen LogP contribution is -2.23. The maximum Gasteiger partial charge on any atom is 0.251 e. The molecule has 4 heteroatoms. The van der Waals surface area contributed by atoms with E-state index < -0.39 is 5.82 Å². The number of amides is 1. The Morgan fingerprint density at radius 2 is 1.80 bits per heavy atom. The van der Waals surface area contributed by atoms with Crippen molar-refractivity contribution < 1.29 is 9.18 Å². The Bertz CT molecular complexity index is 610. The predicted octanol–water partition coefficient (Wildman–Crippen LogP) is 3.80. The summed E-state index contributed by atoms with van der Waals surface area (Å²) < 4.78 is 13.2. The molecule has 0 heterocycles. The van der Waals surface area contributed by atoms with Crippen molar-refractivity contribution in [3.63, 3.8) is 0 Å². The molecule has 0 atom stereocenters. The van der Waals surface area contributed by atoms with Crippen molar-refractivity contribution in [3.05, 3.63) is 70.5 Å². The van der Waals surface area contributed by atoms with Gasteiger partial charge in [-0.05, 0) is 35.7 Å². The van der Waals surface area contributed by atoms with Crippen LogP contribution in [0.2, 0.25) is 0 Å². The molecule has 0 saturated carbocycles. The number of halogens is 2. The fraction of sp³-hybridized carbons (Fsp3) is 0.188. The number of nitrogens with one attached hydrogen (secondary N) is 1. The van der Waals surface area contributed by atoms with Crippen molar-refractivity contribution >= 4 is 17.5 Å². The van der Waals surface area contributed by atoms with E-state index in [0.29, 0.717) is 18.0 Å². The zero-order valence-electron chi connectivity index (χ0n) is 11.1. The van der Waals surface area contributed by atoms with Gasteiger partial charge in [0.15, 0.2) is 0 Å². The van der Waals surface area contributed by atoms with Gasteiger partial charge in [-0.25, -0.2) is 4.39 Å². The minimum atomic E-state index is -0.410. The summed E-state index contributed by atoms with van der Waals surface area (Å²) in [5.41, 5.74) is 3.12. The molecule has 2 aromatic carbocycles. The number of aryl methyl sites for hydroxylation is 1. The van der Waals surface area contributed by atoms with Crippen molar-refractivity contribution in [2.75, 3.05) is 0 Å². The Labute approximate surface area is 122 Å². The third kappa shape index (κ3) is 3.58. The van der Waals surface area contributed by atoms with Crippen LogP contribution in [0.1, 0.15) is 27.0 Å². The first-order valence-electron chi connectivity index (χ1n) is 6.28. The monoisotopic (exact) mass is 291 g/mol. The topological polar surface area (TPSA) is 29.1 Å².